The third kappa shape index (κ3) is 1.69. The number of ketones is 1. The largest absolute Gasteiger partial charge is 0.424 e. The number of Topliss-reactive ketones (excluding diaryl/α,β-unsaturated/α-hetero) is 1. The minimum atomic E-state index is -0.103. The van der Waals surface area contributed by atoms with E-state index in [2.05, 4.69) is 10.2 Å². The van der Waals surface area contributed by atoms with Gasteiger partial charge in [-0.15, -0.1) is 0 Å². The highest BCUT2D eigenvalue weighted by Crippen LogP contribution is 2.34. The lowest BCUT2D eigenvalue weighted by Crippen LogP contribution is -1.96. The number of nitrogens with one attached hydrogen (secondary N) is 1. The van der Waals surface area contributed by atoms with Crippen LogP contribution in [0.4, 0.5) is 0 Å². The molecular formula is C9H6ClIN2O2. The number of H-pyrrole nitrogens is 1. The summed E-state index contributed by atoms with van der Waals surface area (Å²) >= 11 is 7.73. The van der Waals surface area contributed by atoms with E-state index in [1.807, 2.05) is 0 Å². The van der Waals surface area contributed by atoms with Crippen molar-refractivity contribution >= 4 is 51.3 Å². The number of rotatable bonds is 2. The highest BCUT2D eigenvalue weighted by atomic mass is 127. The molecule has 1 heterocycles. The van der Waals surface area contributed by atoms with Crippen LogP contribution in [-0.2, 0) is 0 Å². The van der Waals surface area contributed by atoms with E-state index in [1.54, 1.807) is 35.3 Å². The van der Waals surface area contributed by atoms with Crippen molar-refractivity contribution < 1.29 is 7.86 Å². The zero-order valence-electron chi connectivity index (χ0n) is 7.67. The molecule has 0 atom stereocenters. The molecule has 0 unspecified atom stereocenters. The smallest absolute Gasteiger partial charge is 0.192 e. The van der Waals surface area contributed by atoms with Crippen molar-refractivity contribution in [2.75, 3.05) is 0 Å². The first kappa shape index (κ1) is 10.7. The van der Waals surface area contributed by atoms with Crippen LogP contribution in [0, 0.1) is 0 Å². The van der Waals surface area contributed by atoms with E-state index in [1.165, 1.54) is 6.92 Å². The molecule has 2 aromatic rings. The SMILES string of the molecule is CC(=O)c1cc(Cl)c2c[nH]nc2c1OI. The Labute approximate surface area is 105 Å². The molecule has 0 aliphatic rings. The first-order valence-electron chi connectivity index (χ1n) is 4.10. The number of aromatic amines is 1. The zero-order valence-corrected chi connectivity index (χ0v) is 10.6. The van der Waals surface area contributed by atoms with Crippen molar-refractivity contribution in [3.63, 3.8) is 0 Å². The number of halogens is 2. The molecule has 1 aromatic carbocycles. The quantitative estimate of drug-likeness (QED) is 0.677. The predicted molar refractivity (Wildman–Crippen MR) is 65.8 cm³/mol. The van der Waals surface area contributed by atoms with Crippen LogP contribution < -0.4 is 3.07 Å². The maximum atomic E-state index is 11.4. The van der Waals surface area contributed by atoms with Crippen LogP contribution in [0.5, 0.6) is 5.75 Å². The second-order valence-corrected chi connectivity index (χ2v) is 3.86. The maximum Gasteiger partial charge on any atom is 0.192 e. The lowest BCUT2D eigenvalue weighted by atomic mass is 10.1. The minimum absolute atomic E-state index is 0.103. The van der Waals surface area contributed by atoms with Crippen molar-refractivity contribution in [3.8, 4) is 5.75 Å². The number of benzene rings is 1. The topological polar surface area (TPSA) is 55.0 Å². The maximum absolute atomic E-state index is 11.4. The van der Waals surface area contributed by atoms with Gasteiger partial charge in [0, 0.05) is 11.6 Å². The second kappa shape index (κ2) is 3.97. The Morgan fingerprint density at radius 1 is 1.67 bits per heavy atom. The molecule has 0 fully saturated rings. The van der Waals surface area contributed by atoms with E-state index in [0.29, 0.717) is 21.9 Å². The molecule has 4 nitrogen and oxygen atoms in total. The van der Waals surface area contributed by atoms with E-state index >= 15 is 0 Å². The summed E-state index contributed by atoms with van der Waals surface area (Å²) in [7, 11) is 0. The van der Waals surface area contributed by atoms with Gasteiger partial charge in [-0.25, -0.2) is 0 Å². The normalized spacial score (nSPS) is 10.6. The number of carbonyl (C=O) groups is 1. The molecule has 0 saturated carbocycles. The van der Waals surface area contributed by atoms with Crippen LogP contribution in [0.15, 0.2) is 12.3 Å². The molecule has 1 aromatic heterocycles. The van der Waals surface area contributed by atoms with Gasteiger partial charge in [-0.1, -0.05) is 11.6 Å². The summed E-state index contributed by atoms with van der Waals surface area (Å²) in [4.78, 5) is 11.4. The Morgan fingerprint density at radius 2 is 2.40 bits per heavy atom. The van der Waals surface area contributed by atoms with Crippen LogP contribution >= 0.6 is 34.6 Å². The predicted octanol–water partition coefficient (Wildman–Crippen LogP) is 3.15. The first-order valence-corrected chi connectivity index (χ1v) is 5.36. The number of hydrogen-bond donors (Lipinski definition) is 1. The number of aromatic nitrogens is 2. The Bertz CT molecular complexity index is 538. The van der Waals surface area contributed by atoms with Crippen LogP contribution in [0.3, 0.4) is 0 Å². The molecule has 15 heavy (non-hydrogen) atoms. The van der Waals surface area contributed by atoms with Crippen LogP contribution in [0.25, 0.3) is 10.9 Å². The van der Waals surface area contributed by atoms with E-state index in [4.69, 9.17) is 14.7 Å². The van der Waals surface area contributed by atoms with Crippen molar-refractivity contribution in [1.82, 2.24) is 10.2 Å². The van der Waals surface area contributed by atoms with Gasteiger partial charge in [0.05, 0.1) is 10.6 Å². The van der Waals surface area contributed by atoms with Gasteiger partial charge in [0.15, 0.2) is 34.5 Å². The summed E-state index contributed by atoms with van der Waals surface area (Å²) < 4.78 is 5.14. The molecule has 78 valence electrons. The molecule has 0 aliphatic heterocycles. The van der Waals surface area contributed by atoms with Crippen molar-refractivity contribution in [1.29, 1.82) is 0 Å². The third-order valence-corrected chi connectivity index (χ3v) is 2.84. The number of carbonyl (C=O) groups excluding carboxylic acids is 1. The Hall–Kier alpha value is -0.820. The fourth-order valence-electron chi connectivity index (χ4n) is 1.38. The summed E-state index contributed by atoms with van der Waals surface area (Å²) in [6, 6.07) is 1.59. The van der Waals surface area contributed by atoms with Gasteiger partial charge in [0.2, 0.25) is 0 Å². The Kier molecular flexibility index (Phi) is 2.83. The lowest BCUT2D eigenvalue weighted by Gasteiger charge is -2.05. The fraction of sp³-hybridized carbons (Fsp3) is 0.111. The van der Waals surface area contributed by atoms with Crippen LogP contribution in [0.2, 0.25) is 5.02 Å². The third-order valence-electron chi connectivity index (χ3n) is 2.08. The molecular weight excluding hydrogens is 330 g/mol. The highest BCUT2D eigenvalue weighted by molar-refractivity contribution is 14.1. The lowest BCUT2D eigenvalue weighted by molar-refractivity contribution is 0.101. The number of hydrogen-bond acceptors (Lipinski definition) is 3. The average molecular weight is 337 g/mol. The van der Waals surface area contributed by atoms with Gasteiger partial charge >= 0.3 is 0 Å². The van der Waals surface area contributed by atoms with Gasteiger partial charge in [-0.3, -0.25) is 9.89 Å². The number of fused-ring (bicyclic) bond motifs is 1. The molecule has 6 heteroatoms. The fourth-order valence-corrected chi connectivity index (χ4v) is 2.08. The monoisotopic (exact) mass is 336 g/mol. The number of nitrogens with zero attached hydrogens (tertiary/aromatic N) is 1. The Balaban J connectivity index is 2.87. The van der Waals surface area contributed by atoms with Crippen LogP contribution in [-0.4, -0.2) is 16.0 Å². The van der Waals surface area contributed by atoms with E-state index in [9.17, 15) is 4.79 Å². The van der Waals surface area contributed by atoms with Crippen molar-refractivity contribution in [3.05, 3.63) is 22.8 Å². The van der Waals surface area contributed by atoms with E-state index in [0.717, 1.165) is 5.39 Å². The summed E-state index contributed by atoms with van der Waals surface area (Å²) in [5.41, 5.74) is 1.01. The molecule has 0 spiro atoms. The van der Waals surface area contributed by atoms with Gasteiger partial charge < -0.3 is 3.07 Å². The summed E-state index contributed by atoms with van der Waals surface area (Å²) in [5.74, 6) is 0.345. The van der Waals surface area contributed by atoms with Crippen molar-refractivity contribution in [2.24, 2.45) is 0 Å². The molecule has 0 saturated heterocycles. The summed E-state index contributed by atoms with van der Waals surface area (Å²) in [6.07, 6.45) is 1.67. The molecule has 1 N–H and O–H groups in total. The molecule has 0 amide bonds. The zero-order chi connectivity index (χ0) is 11.0. The van der Waals surface area contributed by atoms with Crippen LogP contribution in [0.1, 0.15) is 17.3 Å². The molecule has 0 bridgehead atoms. The first-order chi connectivity index (χ1) is 7.15. The van der Waals surface area contributed by atoms with Gasteiger partial charge in [-0.05, 0) is 13.0 Å². The van der Waals surface area contributed by atoms with E-state index in [-0.39, 0.29) is 5.78 Å². The van der Waals surface area contributed by atoms with Gasteiger partial charge in [-0.2, -0.15) is 5.10 Å². The highest BCUT2D eigenvalue weighted by Gasteiger charge is 2.17. The van der Waals surface area contributed by atoms with Gasteiger partial charge in [0.1, 0.15) is 5.52 Å². The standard InChI is InChI=1S/C9H6ClIN2O2/c1-4(14)5-2-7(10)6-3-12-13-8(6)9(5)15-11/h2-3H,1H3,(H,12,13). The van der Waals surface area contributed by atoms with E-state index < -0.39 is 0 Å². The molecule has 2 rings (SSSR count). The molecule has 0 radical (unpaired) electrons. The minimum Gasteiger partial charge on any atom is -0.424 e. The second-order valence-electron chi connectivity index (χ2n) is 3.02. The summed E-state index contributed by atoms with van der Waals surface area (Å²) in [6.45, 7) is 1.46. The Morgan fingerprint density at radius 3 is 3.00 bits per heavy atom. The summed E-state index contributed by atoms with van der Waals surface area (Å²) in [5, 5.41) is 7.92. The van der Waals surface area contributed by atoms with Crippen molar-refractivity contribution in [2.45, 2.75) is 6.92 Å². The molecule has 0 aliphatic carbocycles. The average Bonchev–Trinajstić information content (AvgIpc) is 2.66. The van der Waals surface area contributed by atoms with Gasteiger partial charge in [0.25, 0.3) is 0 Å².